The zero-order valence-corrected chi connectivity index (χ0v) is 15.7. The summed E-state index contributed by atoms with van der Waals surface area (Å²) < 4.78 is 6.08. The zero-order chi connectivity index (χ0) is 18.4. The first-order valence-electron chi connectivity index (χ1n) is 9.77. The van der Waals surface area contributed by atoms with Crippen LogP contribution in [0.15, 0.2) is 24.3 Å². The highest BCUT2D eigenvalue weighted by atomic mass is 16.6. The number of nitrogens with one attached hydrogen (secondary N) is 1. The van der Waals surface area contributed by atoms with E-state index in [1.807, 2.05) is 4.90 Å². The highest BCUT2D eigenvalue weighted by molar-refractivity contribution is 5.87. The molecule has 0 aromatic heterocycles. The topological polar surface area (TPSA) is 58.6 Å². The van der Waals surface area contributed by atoms with E-state index in [1.165, 1.54) is 11.1 Å². The first kappa shape index (κ1) is 17.5. The van der Waals surface area contributed by atoms with Crippen LogP contribution in [-0.2, 0) is 27.2 Å². The van der Waals surface area contributed by atoms with Crippen molar-refractivity contribution in [2.45, 2.75) is 63.7 Å². The Bertz CT molecular complexity index is 730. The molecule has 5 heteroatoms. The Hall–Kier alpha value is -1.88. The minimum absolute atomic E-state index is 0.0268. The van der Waals surface area contributed by atoms with Crippen molar-refractivity contribution in [2.24, 2.45) is 5.92 Å². The Balaban J connectivity index is 1.49. The van der Waals surface area contributed by atoms with E-state index in [0.29, 0.717) is 6.54 Å². The molecule has 2 aliphatic heterocycles. The summed E-state index contributed by atoms with van der Waals surface area (Å²) >= 11 is 0. The number of ether oxygens (including phenoxy) is 1. The standard InChI is InChI=1S/C21H28N2O3/c1-20(2)19(25)22-21(26-20)11-6-12-23(14-21)18(24)17-10-5-9-15-7-3-4-8-16(15)13-17/h3-4,7-8,17H,5-6,9-14H2,1-2H3,(H,22,25). The molecule has 3 aliphatic rings. The molecule has 2 atom stereocenters. The molecule has 0 radical (unpaired) electrons. The Labute approximate surface area is 155 Å². The summed E-state index contributed by atoms with van der Waals surface area (Å²) in [5.74, 6) is 0.150. The second kappa shape index (κ2) is 6.38. The number of carbonyl (C=O) groups is 2. The summed E-state index contributed by atoms with van der Waals surface area (Å²) in [6.07, 6.45) is 5.46. The lowest BCUT2D eigenvalue weighted by molar-refractivity contribution is -0.155. The Morgan fingerprint density at radius 1 is 1.23 bits per heavy atom. The lowest BCUT2D eigenvalue weighted by Crippen LogP contribution is -2.57. The highest BCUT2D eigenvalue weighted by Crippen LogP contribution is 2.35. The quantitative estimate of drug-likeness (QED) is 0.786. The van der Waals surface area contributed by atoms with E-state index in [9.17, 15) is 9.59 Å². The fraction of sp³-hybridized carbons (Fsp3) is 0.619. The van der Waals surface area contributed by atoms with Crippen LogP contribution in [0.25, 0.3) is 0 Å². The highest BCUT2D eigenvalue weighted by Gasteiger charge is 2.52. The van der Waals surface area contributed by atoms with Gasteiger partial charge in [0.25, 0.3) is 5.91 Å². The van der Waals surface area contributed by atoms with Crippen LogP contribution >= 0.6 is 0 Å². The predicted octanol–water partition coefficient (Wildman–Crippen LogP) is 2.43. The van der Waals surface area contributed by atoms with E-state index in [-0.39, 0.29) is 17.7 Å². The second-order valence-electron chi connectivity index (χ2n) is 8.49. The first-order chi connectivity index (χ1) is 12.4. The van der Waals surface area contributed by atoms with Gasteiger partial charge < -0.3 is 15.0 Å². The molecule has 1 spiro atoms. The lowest BCUT2D eigenvalue weighted by atomic mass is 9.93. The molecule has 2 unspecified atom stereocenters. The Morgan fingerprint density at radius 2 is 2.00 bits per heavy atom. The third-order valence-electron chi connectivity index (χ3n) is 6.04. The van der Waals surface area contributed by atoms with Crippen molar-refractivity contribution in [1.29, 1.82) is 0 Å². The van der Waals surface area contributed by atoms with Crippen molar-refractivity contribution in [1.82, 2.24) is 10.2 Å². The fourth-order valence-electron chi connectivity index (χ4n) is 4.69. The summed E-state index contributed by atoms with van der Waals surface area (Å²) in [6.45, 7) is 4.79. The molecule has 1 N–H and O–H groups in total. The molecular formula is C21H28N2O3. The van der Waals surface area contributed by atoms with E-state index in [1.54, 1.807) is 13.8 Å². The van der Waals surface area contributed by atoms with Gasteiger partial charge in [-0.3, -0.25) is 9.59 Å². The van der Waals surface area contributed by atoms with E-state index < -0.39 is 11.3 Å². The largest absolute Gasteiger partial charge is 0.338 e. The molecule has 2 fully saturated rings. The van der Waals surface area contributed by atoms with Gasteiger partial charge in [0.15, 0.2) is 5.72 Å². The summed E-state index contributed by atoms with van der Waals surface area (Å²) in [7, 11) is 0. The number of hydrogen-bond acceptors (Lipinski definition) is 3. The van der Waals surface area contributed by atoms with Crippen LogP contribution in [0.5, 0.6) is 0 Å². The van der Waals surface area contributed by atoms with Crippen molar-refractivity contribution < 1.29 is 14.3 Å². The third-order valence-corrected chi connectivity index (χ3v) is 6.04. The van der Waals surface area contributed by atoms with Gasteiger partial charge in [0.1, 0.15) is 5.60 Å². The number of fused-ring (bicyclic) bond motifs is 1. The average molecular weight is 356 g/mol. The van der Waals surface area contributed by atoms with Gasteiger partial charge in [-0.1, -0.05) is 24.3 Å². The SMILES string of the molecule is CC1(C)OC2(CCCN(C(=O)C3CCCc4ccccc4C3)C2)NC1=O. The minimum Gasteiger partial charge on any atom is -0.338 e. The molecule has 5 nitrogen and oxygen atoms in total. The van der Waals surface area contributed by atoms with Crippen molar-refractivity contribution in [2.75, 3.05) is 13.1 Å². The number of rotatable bonds is 1. The molecule has 0 saturated carbocycles. The molecule has 26 heavy (non-hydrogen) atoms. The summed E-state index contributed by atoms with van der Waals surface area (Å²) in [4.78, 5) is 27.4. The first-order valence-corrected chi connectivity index (χ1v) is 9.77. The maximum atomic E-state index is 13.3. The molecule has 0 bridgehead atoms. The van der Waals surface area contributed by atoms with Crippen LogP contribution in [0.3, 0.4) is 0 Å². The molecule has 2 heterocycles. The molecule has 1 aliphatic carbocycles. The van der Waals surface area contributed by atoms with E-state index in [0.717, 1.165) is 45.1 Å². The van der Waals surface area contributed by atoms with Gasteiger partial charge in [0.05, 0.1) is 6.54 Å². The number of piperidine rings is 1. The maximum Gasteiger partial charge on any atom is 0.254 e. The molecule has 1 aromatic carbocycles. The number of aryl methyl sites for hydroxylation is 1. The zero-order valence-electron chi connectivity index (χ0n) is 15.7. The van der Waals surface area contributed by atoms with Gasteiger partial charge in [0.2, 0.25) is 5.91 Å². The normalized spacial score (nSPS) is 30.6. The number of benzene rings is 1. The Kier molecular flexibility index (Phi) is 4.30. The van der Waals surface area contributed by atoms with E-state index in [4.69, 9.17) is 4.74 Å². The van der Waals surface area contributed by atoms with Gasteiger partial charge in [0, 0.05) is 12.5 Å². The lowest BCUT2D eigenvalue weighted by Gasteiger charge is -2.41. The van der Waals surface area contributed by atoms with Gasteiger partial charge in [-0.05, 0) is 63.5 Å². The van der Waals surface area contributed by atoms with Gasteiger partial charge in [-0.2, -0.15) is 0 Å². The number of nitrogens with zero attached hydrogens (tertiary/aromatic N) is 1. The van der Waals surface area contributed by atoms with Gasteiger partial charge in [-0.15, -0.1) is 0 Å². The fourth-order valence-corrected chi connectivity index (χ4v) is 4.69. The smallest absolute Gasteiger partial charge is 0.254 e. The van der Waals surface area contributed by atoms with Crippen molar-refractivity contribution in [3.05, 3.63) is 35.4 Å². The molecule has 140 valence electrons. The number of likely N-dealkylation sites (tertiary alicyclic amines) is 1. The molecule has 4 rings (SSSR count). The van der Waals surface area contributed by atoms with Crippen molar-refractivity contribution >= 4 is 11.8 Å². The summed E-state index contributed by atoms with van der Waals surface area (Å²) in [6, 6.07) is 8.48. The monoisotopic (exact) mass is 356 g/mol. The second-order valence-corrected chi connectivity index (χ2v) is 8.49. The van der Waals surface area contributed by atoms with Crippen LogP contribution < -0.4 is 5.32 Å². The van der Waals surface area contributed by atoms with Crippen LogP contribution in [0.1, 0.15) is 50.7 Å². The third kappa shape index (κ3) is 3.13. The van der Waals surface area contributed by atoms with Gasteiger partial charge in [-0.25, -0.2) is 0 Å². The van der Waals surface area contributed by atoms with E-state index >= 15 is 0 Å². The number of carbonyl (C=O) groups excluding carboxylic acids is 2. The maximum absolute atomic E-state index is 13.3. The predicted molar refractivity (Wildman–Crippen MR) is 98.4 cm³/mol. The van der Waals surface area contributed by atoms with Crippen LogP contribution in [-0.4, -0.2) is 41.1 Å². The summed E-state index contributed by atoms with van der Waals surface area (Å²) in [5.41, 5.74) is 1.15. The molecule has 2 saturated heterocycles. The molecule has 1 aromatic rings. The van der Waals surface area contributed by atoms with Crippen LogP contribution in [0, 0.1) is 5.92 Å². The van der Waals surface area contributed by atoms with Crippen LogP contribution in [0.2, 0.25) is 0 Å². The van der Waals surface area contributed by atoms with Crippen molar-refractivity contribution in [3.8, 4) is 0 Å². The minimum atomic E-state index is -0.826. The molecular weight excluding hydrogens is 328 g/mol. The van der Waals surface area contributed by atoms with Crippen molar-refractivity contribution in [3.63, 3.8) is 0 Å². The van der Waals surface area contributed by atoms with Gasteiger partial charge >= 0.3 is 0 Å². The van der Waals surface area contributed by atoms with E-state index in [2.05, 4.69) is 29.6 Å². The Morgan fingerprint density at radius 3 is 2.73 bits per heavy atom. The molecule has 2 amide bonds. The average Bonchev–Trinajstić information content (AvgIpc) is 2.77. The number of hydrogen-bond donors (Lipinski definition) is 1. The summed E-state index contributed by atoms with van der Waals surface area (Å²) in [5, 5.41) is 3.02. The van der Waals surface area contributed by atoms with Crippen LogP contribution in [0.4, 0.5) is 0 Å². The number of amides is 2.